The van der Waals surface area contributed by atoms with E-state index in [1.807, 2.05) is 19.0 Å². The molecule has 3 N–H and O–H groups in total. The highest BCUT2D eigenvalue weighted by atomic mass is 19.4. The zero-order valence-corrected chi connectivity index (χ0v) is 25.6. The third-order valence-corrected chi connectivity index (χ3v) is 8.04. The molecule has 3 aromatic carbocycles. The minimum Gasteiger partial charge on any atom is -0.437 e. The Balaban J connectivity index is 1.25. The molecule has 0 unspecified atom stereocenters. The standard InChI is InChI=1S/C33H33F3N8O2/c1-20-4-11-25(46-32-28-30(43(3)19-38-28)40-29(41-32)21-7-9-24(37)10-8-21)17-27(20)39-31(45)22-5-6-23(26(16-22)33(34,35)36)18-44-14-12-42(2)13-15-44/h4-11,16-17,19H,12-15,18,37H2,1-3H3,(H,39,45). The lowest BCUT2D eigenvalue weighted by Gasteiger charge is -2.33. The number of ether oxygens (including phenoxy) is 1. The number of amides is 1. The first-order valence-corrected chi connectivity index (χ1v) is 14.7. The maximum Gasteiger partial charge on any atom is 0.416 e. The van der Waals surface area contributed by atoms with Crippen molar-refractivity contribution in [2.45, 2.75) is 19.6 Å². The topological polar surface area (TPSA) is 114 Å². The number of carbonyl (C=O) groups is 1. The third kappa shape index (κ3) is 6.65. The Hall–Kier alpha value is -5.01. The van der Waals surface area contributed by atoms with Gasteiger partial charge in [-0.3, -0.25) is 9.69 Å². The number of piperazine rings is 1. The number of nitrogens with two attached hydrogens (primary N) is 1. The fourth-order valence-electron chi connectivity index (χ4n) is 5.29. The van der Waals surface area contributed by atoms with Gasteiger partial charge in [0.1, 0.15) is 5.75 Å². The molecule has 0 aliphatic carbocycles. The summed E-state index contributed by atoms with van der Waals surface area (Å²) in [5.41, 5.74) is 8.46. The van der Waals surface area contributed by atoms with E-state index in [4.69, 9.17) is 10.5 Å². The summed E-state index contributed by atoms with van der Waals surface area (Å²) in [5, 5.41) is 2.75. The zero-order chi connectivity index (χ0) is 32.6. The molecule has 13 heteroatoms. The van der Waals surface area contributed by atoms with E-state index in [0.29, 0.717) is 52.8 Å². The monoisotopic (exact) mass is 630 g/mol. The van der Waals surface area contributed by atoms with Gasteiger partial charge in [-0.2, -0.15) is 18.2 Å². The molecule has 1 fully saturated rings. The smallest absolute Gasteiger partial charge is 0.416 e. The second-order valence-electron chi connectivity index (χ2n) is 11.5. The number of carbonyl (C=O) groups excluding carboxylic acids is 1. The largest absolute Gasteiger partial charge is 0.437 e. The molecule has 10 nitrogen and oxygen atoms in total. The summed E-state index contributed by atoms with van der Waals surface area (Å²) in [5.74, 6) is 0.276. The number of likely N-dealkylation sites (N-methyl/N-ethyl adjacent to an activating group) is 1. The van der Waals surface area contributed by atoms with Crippen molar-refractivity contribution >= 4 is 28.4 Å². The Morgan fingerprint density at radius 2 is 1.72 bits per heavy atom. The van der Waals surface area contributed by atoms with Crippen molar-refractivity contribution < 1.29 is 22.7 Å². The normalized spacial score (nSPS) is 14.5. The van der Waals surface area contributed by atoms with E-state index in [1.54, 1.807) is 60.3 Å². The van der Waals surface area contributed by atoms with Gasteiger partial charge < -0.3 is 25.3 Å². The van der Waals surface area contributed by atoms with Gasteiger partial charge in [0.2, 0.25) is 0 Å². The molecule has 0 atom stereocenters. The predicted octanol–water partition coefficient (Wildman–Crippen LogP) is 5.73. The van der Waals surface area contributed by atoms with E-state index >= 15 is 0 Å². The Labute approximate surface area is 263 Å². The van der Waals surface area contributed by atoms with Gasteiger partial charge in [-0.1, -0.05) is 12.1 Å². The Bertz CT molecular complexity index is 1900. The van der Waals surface area contributed by atoms with Gasteiger partial charge in [0.25, 0.3) is 11.8 Å². The van der Waals surface area contributed by atoms with Gasteiger partial charge in [0.05, 0.1) is 11.9 Å². The number of imidazole rings is 1. The van der Waals surface area contributed by atoms with Crippen LogP contribution in [0.5, 0.6) is 11.6 Å². The van der Waals surface area contributed by atoms with Gasteiger partial charge in [0.15, 0.2) is 17.0 Å². The number of fused-ring (bicyclic) bond motifs is 1. The van der Waals surface area contributed by atoms with Crippen LogP contribution in [-0.2, 0) is 19.8 Å². The minimum atomic E-state index is -4.61. The van der Waals surface area contributed by atoms with E-state index in [1.165, 1.54) is 12.1 Å². The number of hydrogen-bond donors (Lipinski definition) is 2. The van der Waals surface area contributed by atoms with E-state index in [-0.39, 0.29) is 23.6 Å². The summed E-state index contributed by atoms with van der Waals surface area (Å²) in [7, 11) is 3.80. The molecule has 1 saturated heterocycles. The van der Waals surface area contributed by atoms with Crippen LogP contribution in [0.4, 0.5) is 24.5 Å². The Kier molecular flexibility index (Phi) is 8.36. The molecule has 5 aromatic rings. The lowest BCUT2D eigenvalue weighted by atomic mass is 10.0. The van der Waals surface area contributed by atoms with Crippen LogP contribution in [0, 0.1) is 6.92 Å². The van der Waals surface area contributed by atoms with Crippen molar-refractivity contribution in [1.82, 2.24) is 29.3 Å². The van der Waals surface area contributed by atoms with Crippen molar-refractivity contribution in [2.24, 2.45) is 7.05 Å². The molecule has 6 rings (SSSR count). The van der Waals surface area contributed by atoms with E-state index in [0.717, 1.165) is 24.7 Å². The summed E-state index contributed by atoms with van der Waals surface area (Å²) in [4.78, 5) is 31.0. The molecule has 0 saturated carbocycles. The number of anilines is 2. The van der Waals surface area contributed by atoms with Crippen molar-refractivity contribution in [3.05, 3.63) is 89.2 Å². The number of nitrogen functional groups attached to an aromatic ring is 1. The number of aromatic nitrogens is 4. The van der Waals surface area contributed by atoms with Crippen LogP contribution in [0.3, 0.4) is 0 Å². The molecule has 0 radical (unpaired) electrons. The number of aryl methyl sites for hydroxylation is 2. The van der Waals surface area contributed by atoms with Crippen LogP contribution in [-0.4, -0.2) is 68.5 Å². The molecule has 0 bridgehead atoms. The molecule has 2 aromatic heterocycles. The van der Waals surface area contributed by atoms with E-state index in [9.17, 15) is 18.0 Å². The summed E-state index contributed by atoms with van der Waals surface area (Å²) in [6.45, 7) is 4.88. The molecule has 46 heavy (non-hydrogen) atoms. The van der Waals surface area contributed by atoms with Crippen LogP contribution in [0.15, 0.2) is 67.0 Å². The van der Waals surface area contributed by atoms with Crippen LogP contribution in [0.1, 0.15) is 27.0 Å². The van der Waals surface area contributed by atoms with Gasteiger partial charge in [-0.15, -0.1) is 0 Å². The minimum absolute atomic E-state index is 0.0979. The average molecular weight is 631 g/mol. The van der Waals surface area contributed by atoms with Gasteiger partial charge in [-0.25, -0.2) is 9.97 Å². The number of halogens is 3. The molecule has 1 aliphatic rings. The highest BCUT2D eigenvalue weighted by Crippen LogP contribution is 2.35. The fraction of sp³-hybridized carbons (Fsp3) is 0.273. The van der Waals surface area contributed by atoms with Crippen molar-refractivity contribution in [3.63, 3.8) is 0 Å². The molecule has 1 aliphatic heterocycles. The second-order valence-corrected chi connectivity index (χ2v) is 11.5. The first-order valence-electron chi connectivity index (χ1n) is 14.7. The van der Waals surface area contributed by atoms with Crippen molar-refractivity contribution in [2.75, 3.05) is 44.3 Å². The molecule has 1 amide bonds. The molecule has 3 heterocycles. The maximum absolute atomic E-state index is 14.1. The van der Waals surface area contributed by atoms with Crippen LogP contribution in [0.2, 0.25) is 0 Å². The molecular formula is C33H33F3N8O2. The summed E-state index contributed by atoms with van der Waals surface area (Å²) < 4.78 is 50.3. The third-order valence-electron chi connectivity index (χ3n) is 8.04. The first-order chi connectivity index (χ1) is 21.9. The Morgan fingerprint density at radius 3 is 2.43 bits per heavy atom. The summed E-state index contributed by atoms with van der Waals surface area (Å²) in [6, 6.07) is 15.9. The van der Waals surface area contributed by atoms with E-state index in [2.05, 4.69) is 25.2 Å². The quantitative estimate of drug-likeness (QED) is 0.219. The predicted molar refractivity (Wildman–Crippen MR) is 170 cm³/mol. The van der Waals surface area contributed by atoms with Gasteiger partial charge in [-0.05, 0) is 67.6 Å². The second kappa shape index (κ2) is 12.4. The number of nitrogens with zero attached hydrogens (tertiary/aromatic N) is 6. The van der Waals surface area contributed by atoms with Crippen molar-refractivity contribution in [3.8, 4) is 23.0 Å². The summed E-state index contributed by atoms with van der Waals surface area (Å²) >= 11 is 0. The van der Waals surface area contributed by atoms with Gasteiger partial charge in [0, 0.05) is 68.3 Å². The lowest BCUT2D eigenvalue weighted by molar-refractivity contribution is -0.138. The number of rotatable bonds is 7. The summed E-state index contributed by atoms with van der Waals surface area (Å²) in [6.07, 6.45) is -3.01. The number of nitrogens with one attached hydrogen (secondary N) is 1. The maximum atomic E-state index is 14.1. The molecule has 238 valence electrons. The van der Waals surface area contributed by atoms with E-state index < -0.39 is 17.6 Å². The SMILES string of the molecule is Cc1ccc(Oc2nc(-c3ccc(N)cc3)nc3c2ncn3C)cc1NC(=O)c1ccc(CN2CCN(C)CC2)c(C(F)(F)F)c1. The van der Waals surface area contributed by atoms with Crippen LogP contribution < -0.4 is 15.8 Å². The van der Waals surface area contributed by atoms with Crippen LogP contribution in [0.25, 0.3) is 22.6 Å². The Morgan fingerprint density at radius 1 is 0.978 bits per heavy atom. The highest BCUT2D eigenvalue weighted by Gasteiger charge is 2.34. The highest BCUT2D eigenvalue weighted by molar-refractivity contribution is 6.05. The van der Waals surface area contributed by atoms with Crippen molar-refractivity contribution in [1.29, 1.82) is 0 Å². The van der Waals surface area contributed by atoms with Gasteiger partial charge >= 0.3 is 6.18 Å². The number of hydrogen-bond acceptors (Lipinski definition) is 8. The van der Waals surface area contributed by atoms with Crippen LogP contribution >= 0.6 is 0 Å². The molecule has 0 spiro atoms. The first kappa shape index (κ1) is 31.0. The zero-order valence-electron chi connectivity index (χ0n) is 25.6. The fourth-order valence-corrected chi connectivity index (χ4v) is 5.29. The lowest BCUT2D eigenvalue weighted by Crippen LogP contribution is -2.44. The number of alkyl halides is 3. The average Bonchev–Trinajstić information content (AvgIpc) is 3.40. The molecular weight excluding hydrogens is 597 g/mol. The number of benzene rings is 3.